The van der Waals surface area contributed by atoms with Gasteiger partial charge in [0, 0.05) is 18.4 Å². The molecule has 2 rings (SSSR count). The van der Waals surface area contributed by atoms with Crippen LogP contribution < -0.4 is 4.90 Å². The minimum atomic E-state index is 0.0776. The van der Waals surface area contributed by atoms with Crippen molar-refractivity contribution in [3.8, 4) is 0 Å². The molecule has 0 aliphatic carbocycles. The molecule has 0 radical (unpaired) electrons. The van der Waals surface area contributed by atoms with Gasteiger partial charge in [-0.25, -0.2) is 4.98 Å². The lowest BCUT2D eigenvalue weighted by molar-refractivity contribution is 0.285. The van der Waals surface area contributed by atoms with Crippen molar-refractivity contribution < 1.29 is 5.11 Å². The van der Waals surface area contributed by atoms with E-state index in [1.165, 1.54) is 11.3 Å². The molecular weight excluding hydrogens is 244 g/mol. The number of aliphatic hydroxyl groups excluding tert-OH is 1. The average Bonchev–Trinajstić information content (AvgIpc) is 2.83. The van der Waals surface area contributed by atoms with Crippen molar-refractivity contribution in [3.05, 3.63) is 45.9 Å². The monoisotopic (exact) mass is 262 g/mol. The molecule has 0 unspecified atom stereocenters. The summed E-state index contributed by atoms with van der Waals surface area (Å²) in [6.07, 6.45) is 1.75. The summed E-state index contributed by atoms with van der Waals surface area (Å²) in [6, 6.07) is 8.49. The van der Waals surface area contributed by atoms with E-state index >= 15 is 0 Å². The molecule has 3 nitrogen and oxygen atoms in total. The van der Waals surface area contributed by atoms with Gasteiger partial charge in [0.15, 0.2) is 0 Å². The van der Waals surface area contributed by atoms with Gasteiger partial charge in [0.2, 0.25) is 0 Å². The van der Waals surface area contributed by atoms with Crippen LogP contribution in [0.2, 0.25) is 0 Å². The summed E-state index contributed by atoms with van der Waals surface area (Å²) in [4.78, 5) is 7.55. The predicted molar refractivity (Wildman–Crippen MR) is 75.9 cm³/mol. The standard InChI is InChI=1S/C14H18N2OS/c1-3-16(12-6-4-5-11(2)7-12)9-14-15-8-13(10-17)18-14/h4-8,17H,3,9-10H2,1-2H3. The van der Waals surface area contributed by atoms with Gasteiger partial charge in [-0.2, -0.15) is 0 Å². The molecule has 0 aliphatic rings. The number of nitrogens with zero attached hydrogens (tertiary/aromatic N) is 2. The fraction of sp³-hybridized carbons (Fsp3) is 0.357. The van der Waals surface area contributed by atoms with E-state index in [1.807, 2.05) is 0 Å². The highest BCUT2D eigenvalue weighted by atomic mass is 32.1. The molecule has 2 aromatic rings. The fourth-order valence-electron chi connectivity index (χ4n) is 1.87. The van der Waals surface area contributed by atoms with Crippen molar-refractivity contribution in [3.63, 3.8) is 0 Å². The Morgan fingerprint density at radius 2 is 2.22 bits per heavy atom. The first kappa shape index (κ1) is 13.1. The number of rotatable bonds is 5. The van der Waals surface area contributed by atoms with Gasteiger partial charge in [0.25, 0.3) is 0 Å². The Morgan fingerprint density at radius 3 is 2.83 bits per heavy atom. The third-order valence-electron chi connectivity index (χ3n) is 2.83. The van der Waals surface area contributed by atoms with E-state index in [0.717, 1.165) is 23.0 Å². The fourth-order valence-corrected chi connectivity index (χ4v) is 2.67. The normalized spacial score (nSPS) is 10.6. The van der Waals surface area contributed by atoms with Crippen molar-refractivity contribution >= 4 is 17.0 Å². The molecule has 0 aliphatic heterocycles. The van der Waals surface area contributed by atoms with E-state index in [-0.39, 0.29) is 6.61 Å². The van der Waals surface area contributed by atoms with Crippen molar-refractivity contribution in [2.24, 2.45) is 0 Å². The minimum Gasteiger partial charge on any atom is -0.391 e. The van der Waals surface area contributed by atoms with Crippen molar-refractivity contribution in [1.82, 2.24) is 4.98 Å². The van der Waals surface area contributed by atoms with E-state index in [9.17, 15) is 0 Å². The molecule has 0 saturated heterocycles. The van der Waals surface area contributed by atoms with E-state index in [1.54, 1.807) is 17.5 Å². The van der Waals surface area contributed by atoms with E-state index in [0.29, 0.717) is 0 Å². The topological polar surface area (TPSA) is 36.4 Å². The highest BCUT2D eigenvalue weighted by Crippen LogP contribution is 2.20. The van der Waals surface area contributed by atoms with Crippen LogP contribution in [0.5, 0.6) is 0 Å². The first-order valence-electron chi connectivity index (χ1n) is 6.09. The summed E-state index contributed by atoms with van der Waals surface area (Å²) < 4.78 is 0. The molecule has 0 amide bonds. The summed E-state index contributed by atoms with van der Waals surface area (Å²) in [5.41, 5.74) is 2.49. The number of aromatic nitrogens is 1. The zero-order valence-electron chi connectivity index (χ0n) is 10.8. The Labute approximate surface area is 112 Å². The number of aliphatic hydroxyl groups is 1. The molecule has 18 heavy (non-hydrogen) atoms. The molecule has 1 aromatic carbocycles. The van der Waals surface area contributed by atoms with Crippen LogP contribution in [-0.4, -0.2) is 16.6 Å². The second kappa shape index (κ2) is 5.98. The quantitative estimate of drug-likeness (QED) is 0.900. The Kier molecular flexibility index (Phi) is 4.33. The van der Waals surface area contributed by atoms with Gasteiger partial charge in [-0.15, -0.1) is 11.3 Å². The van der Waals surface area contributed by atoms with Crippen LogP contribution in [0.15, 0.2) is 30.5 Å². The molecule has 96 valence electrons. The summed E-state index contributed by atoms with van der Waals surface area (Å²) in [6.45, 7) is 6.06. The third-order valence-corrected chi connectivity index (χ3v) is 3.80. The maximum Gasteiger partial charge on any atom is 0.112 e. The largest absolute Gasteiger partial charge is 0.391 e. The number of hydrogen-bond acceptors (Lipinski definition) is 4. The molecular formula is C14H18N2OS. The van der Waals surface area contributed by atoms with Gasteiger partial charge < -0.3 is 10.0 Å². The van der Waals surface area contributed by atoms with Gasteiger partial charge in [0.1, 0.15) is 5.01 Å². The maximum absolute atomic E-state index is 9.05. The number of hydrogen-bond donors (Lipinski definition) is 1. The highest BCUT2D eigenvalue weighted by molar-refractivity contribution is 7.11. The molecule has 4 heteroatoms. The SMILES string of the molecule is CCN(Cc1ncc(CO)s1)c1cccc(C)c1. The Morgan fingerprint density at radius 1 is 1.39 bits per heavy atom. The van der Waals surface area contributed by atoms with Gasteiger partial charge >= 0.3 is 0 Å². The second-order valence-corrected chi connectivity index (χ2v) is 5.43. The van der Waals surface area contributed by atoms with Crippen LogP contribution in [0.1, 0.15) is 22.4 Å². The molecule has 0 bridgehead atoms. The number of anilines is 1. The van der Waals surface area contributed by atoms with E-state index < -0.39 is 0 Å². The van der Waals surface area contributed by atoms with E-state index in [2.05, 4.69) is 48.0 Å². The average molecular weight is 262 g/mol. The zero-order chi connectivity index (χ0) is 13.0. The smallest absolute Gasteiger partial charge is 0.112 e. The van der Waals surface area contributed by atoms with Crippen LogP contribution >= 0.6 is 11.3 Å². The van der Waals surface area contributed by atoms with Gasteiger partial charge in [-0.3, -0.25) is 0 Å². The summed E-state index contributed by atoms with van der Waals surface area (Å²) in [5.74, 6) is 0. The lowest BCUT2D eigenvalue weighted by Crippen LogP contribution is -2.21. The summed E-state index contributed by atoms with van der Waals surface area (Å²) in [5, 5.41) is 10.1. The van der Waals surface area contributed by atoms with Crippen molar-refractivity contribution in [2.75, 3.05) is 11.4 Å². The highest BCUT2D eigenvalue weighted by Gasteiger charge is 2.08. The van der Waals surface area contributed by atoms with Gasteiger partial charge in [0.05, 0.1) is 18.0 Å². The Balaban J connectivity index is 2.14. The molecule has 1 heterocycles. The second-order valence-electron chi connectivity index (χ2n) is 4.23. The third kappa shape index (κ3) is 3.09. The van der Waals surface area contributed by atoms with Crippen LogP contribution in [0, 0.1) is 6.92 Å². The Hall–Kier alpha value is -1.39. The minimum absolute atomic E-state index is 0.0776. The van der Waals surface area contributed by atoms with Crippen molar-refractivity contribution in [1.29, 1.82) is 0 Å². The summed E-state index contributed by atoms with van der Waals surface area (Å²) in [7, 11) is 0. The van der Waals surface area contributed by atoms with Crippen molar-refractivity contribution in [2.45, 2.75) is 27.0 Å². The predicted octanol–water partition coefficient (Wildman–Crippen LogP) is 2.97. The molecule has 0 saturated carbocycles. The molecule has 1 aromatic heterocycles. The van der Waals surface area contributed by atoms with Gasteiger partial charge in [-0.05, 0) is 31.5 Å². The molecule has 0 spiro atoms. The number of benzene rings is 1. The maximum atomic E-state index is 9.05. The van der Waals surface area contributed by atoms with Crippen LogP contribution in [-0.2, 0) is 13.2 Å². The lowest BCUT2D eigenvalue weighted by Gasteiger charge is -2.22. The Bertz CT molecular complexity index is 510. The van der Waals surface area contributed by atoms with Crippen LogP contribution in [0.3, 0.4) is 0 Å². The molecule has 1 N–H and O–H groups in total. The van der Waals surface area contributed by atoms with Crippen LogP contribution in [0.25, 0.3) is 0 Å². The van der Waals surface area contributed by atoms with Crippen LogP contribution in [0.4, 0.5) is 5.69 Å². The number of thiazole rings is 1. The van der Waals surface area contributed by atoms with E-state index in [4.69, 9.17) is 5.11 Å². The summed E-state index contributed by atoms with van der Waals surface area (Å²) >= 11 is 1.57. The zero-order valence-corrected chi connectivity index (χ0v) is 11.6. The number of aryl methyl sites for hydroxylation is 1. The lowest BCUT2D eigenvalue weighted by atomic mass is 10.2. The van der Waals surface area contributed by atoms with Gasteiger partial charge in [-0.1, -0.05) is 12.1 Å². The first-order chi connectivity index (χ1) is 8.72. The first-order valence-corrected chi connectivity index (χ1v) is 6.90. The molecule has 0 atom stereocenters. The molecule has 0 fully saturated rings.